The van der Waals surface area contributed by atoms with Crippen LogP contribution in [-0.4, -0.2) is 11.2 Å². The van der Waals surface area contributed by atoms with Crippen molar-refractivity contribution >= 4 is 0 Å². The average molecular weight is 286 g/mol. The van der Waals surface area contributed by atoms with Gasteiger partial charge < -0.3 is 15.0 Å². The van der Waals surface area contributed by atoms with Crippen molar-refractivity contribution in [2.24, 2.45) is 17.1 Å². The molecule has 2 atom stereocenters. The van der Waals surface area contributed by atoms with Gasteiger partial charge in [-0.25, -0.2) is 0 Å². The third kappa shape index (κ3) is 2.95. The van der Waals surface area contributed by atoms with E-state index < -0.39 is 0 Å². The van der Waals surface area contributed by atoms with Gasteiger partial charge in [0.2, 0.25) is 0 Å². The fourth-order valence-electron chi connectivity index (χ4n) is 2.85. The Morgan fingerprint density at radius 3 is 2.76 bits per heavy atom. The Labute approximate surface area is 125 Å². The Balaban J connectivity index is 1.55. The van der Waals surface area contributed by atoms with Crippen LogP contribution in [0.15, 0.2) is 40.9 Å². The number of nitrogens with two attached hydrogens (primary N) is 1. The van der Waals surface area contributed by atoms with E-state index in [-0.39, 0.29) is 5.41 Å². The zero-order chi connectivity index (χ0) is 14.9. The second kappa shape index (κ2) is 5.53. The van der Waals surface area contributed by atoms with E-state index >= 15 is 0 Å². The van der Waals surface area contributed by atoms with E-state index in [1.54, 1.807) is 0 Å². The smallest absolute Gasteiger partial charge is 0.174 e. The van der Waals surface area contributed by atoms with Crippen LogP contribution in [0, 0.1) is 11.3 Å². The van der Waals surface area contributed by atoms with E-state index in [2.05, 4.69) is 19.0 Å². The van der Waals surface area contributed by atoms with Crippen LogP contribution in [-0.2, 0) is 13.0 Å². The van der Waals surface area contributed by atoms with E-state index in [4.69, 9.17) is 15.0 Å². The molecule has 1 aliphatic rings. The minimum Gasteiger partial charge on any atom is -0.486 e. The summed E-state index contributed by atoms with van der Waals surface area (Å²) in [4.78, 5) is 0. The van der Waals surface area contributed by atoms with Crippen molar-refractivity contribution in [2.45, 2.75) is 39.3 Å². The van der Waals surface area contributed by atoms with Crippen LogP contribution in [0.25, 0.3) is 0 Å². The molecule has 0 radical (unpaired) electrons. The van der Waals surface area contributed by atoms with Crippen LogP contribution in [0.5, 0.6) is 5.75 Å². The Morgan fingerprint density at radius 1 is 1.33 bits per heavy atom. The van der Waals surface area contributed by atoms with E-state index in [0.717, 1.165) is 30.0 Å². The first-order valence-electron chi connectivity index (χ1n) is 7.43. The van der Waals surface area contributed by atoms with Gasteiger partial charge in [-0.1, -0.05) is 37.2 Å². The molecule has 21 heavy (non-hydrogen) atoms. The largest absolute Gasteiger partial charge is 0.486 e. The summed E-state index contributed by atoms with van der Waals surface area (Å²) in [6.45, 7) is 4.86. The molecule has 1 aromatic carbocycles. The van der Waals surface area contributed by atoms with Gasteiger partial charge in [0.25, 0.3) is 0 Å². The number of ether oxygens (including phenoxy) is 1. The summed E-state index contributed by atoms with van der Waals surface area (Å²) in [5.74, 6) is 2.18. The molecule has 1 heterocycles. The molecule has 4 nitrogen and oxygen atoms in total. The van der Waals surface area contributed by atoms with E-state index in [1.165, 1.54) is 0 Å². The van der Waals surface area contributed by atoms with Crippen LogP contribution >= 0.6 is 0 Å². The summed E-state index contributed by atoms with van der Waals surface area (Å²) in [5, 5.41) is 4.15. The number of hydrogen-bond acceptors (Lipinski definition) is 4. The molecule has 3 rings (SSSR count). The zero-order valence-electron chi connectivity index (χ0n) is 12.6. The summed E-state index contributed by atoms with van der Waals surface area (Å²) >= 11 is 0. The van der Waals surface area contributed by atoms with Crippen molar-refractivity contribution in [3.8, 4) is 5.75 Å². The number of nitrogens with zero attached hydrogens (tertiary/aromatic N) is 1. The number of rotatable bonds is 5. The minimum absolute atomic E-state index is 0.194. The van der Waals surface area contributed by atoms with Crippen LogP contribution < -0.4 is 10.5 Å². The highest BCUT2D eigenvalue weighted by Gasteiger charge is 2.45. The molecule has 0 saturated heterocycles. The van der Waals surface area contributed by atoms with Crippen LogP contribution in [0.1, 0.15) is 31.7 Å². The maximum Gasteiger partial charge on any atom is 0.174 e. The molecule has 0 amide bonds. The van der Waals surface area contributed by atoms with Crippen molar-refractivity contribution in [1.82, 2.24) is 5.16 Å². The van der Waals surface area contributed by atoms with E-state index in [0.29, 0.717) is 18.6 Å². The molecule has 1 aromatic heterocycles. The molecule has 4 heteroatoms. The predicted octanol–water partition coefficient (Wildman–Crippen LogP) is 3.17. The third-order valence-corrected chi connectivity index (χ3v) is 4.73. The molecule has 0 unspecified atom stereocenters. The molecule has 0 bridgehead atoms. The van der Waals surface area contributed by atoms with Crippen molar-refractivity contribution in [3.05, 3.63) is 47.9 Å². The lowest BCUT2D eigenvalue weighted by molar-refractivity contribution is 0.0370. The van der Waals surface area contributed by atoms with Gasteiger partial charge in [0.1, 0.15) is 12.4 Å². The molecular formula is C17H22N2O2. The molecule has 2 aromatic rings. The van der Waals surface area contributed by atoms with Crippen LogP contribution in [0.3, 0.4) is 0 Å². The first-order chi connectivity index (χ1) is 10.1. The number of benzene rings is 1. The van der Waals surface area contributed by atoms with Crippen LogP contribution in [0.2, 0.25) is 0 Å². The van der Waals surface area contributed by atoms with Gasteiger partial charge in [-0.05, 0) is 36.3 Å². The first-order valence-corrected chi connectivity index (χ1v) is 7.43. The second-order valence-corrected chi connectivity index (χ2v) is 6.45. The van der Waals surface area contributed by atoms with Gasteiger partial charge in [0, 0.05) is 12.1 Å². The topological polar surface area (TPSA) is 61.3 Å². The quantitative estimate of drug-likeness (QED) is 0.917. The molecule has 1 fully saturated rings. The molecule has 0 spiro atoms. The summed E-state index contributed by atoms with van der Waals surface area (Å²) in [5.41, 5.74) is 7.24. The molecule has 0 aliphatic heterocycles. The van der Waals surface area contributed by atoms with Crippen molar-refractivity contribution in [3.63, 3.8) is 0 Å². The fourth-order valence-corrected chi connectivity index (χ4v) is 2.85. The SMILES string of the molecule is CC1(C)[C@H](Cc2cc(COc3ccccc3)on2)C[C@@H]1N. The highest BCUT2D eigenvalue weighted by molar-refractivity contribution is 5.21. The summed E-state index contributed by atoms with van der Waals surface area (Å²) in [7, 11) is 0. The van der Waals surface area contributed by atoms with Gasteiger partial charge in [0.15, 0.2) is 5.76 Å². The maximum absolute atomic E-state index is 6.05. The molecule has 2 N–H and O–H groups in total. The van der Waals surface area contributed by atoms with Gasteiger partial charge in [0.05, 0.1) is 5.69 Å². The third-order valence-electron chi connectivity index (χ3n) is 4.73. The molecule has 1 saturated carbocycles. The highest BCUT2D eigenvalue weighted by atomic mass is 16.5. The van der Waals surface area contributed by atoms with Crippen molar-refractivity contribution < 1.29 is 9.26 Å². The predicted molar refractivity (Wildman–Crippen MR) is 80.8 cm³/mol. The van der Waals surface area contributed by atoms with Crippen molar-refractivity contribution in [1.29, 1.82) is 0 Å². The summed E-state index contributed by atoms with van der Waals surface area (Å²) < 4.78 is 11.0. The maximum atomic E-state index is 6.05. The van der Waals surface area contributed by atoms with Gasteiger partial charge in [-0.3, -0.25) is 0 Å². The lowest BCUT2D eigenvalue weighted by Crippen LogP contribution is -2.55. The molecular weight excluding hydrogens is 264 g/mol. The van der Waals surface area contributed by atoms with E-state index in [1.807, 2.05) is 36.4 Å². The Morgan fingerprint density at radius 2 is 2.10 bits per heavy atom. The van der Waals surface area contributed by atoms with E-state index in [9.17, 15) is 0 Å². The van der Waals surface area contributed by atoms with Crippen LogP contribution in [0.4, 0.5) is 0 Å². The molecule has 1 aliphatic carbocycles. The molecule has 112 valence electrons. The highest BCUT2D eigenvalue weighted by Crippen LogP contribution is 2.46. The van der Waals surface area contributed by atoms with Gasteiger partial charge in [-0.2, -0.15) is 0 Å². The van der Waals surface area contributed by atoms with Gasteiger partial charge in [-0.15, -0.1) is 0 Å². The Kier molecular flexibility index (Phi) is 3.72. The Bertz CT molecular complexity index is 592. The Hall–Kier alpha value is -1.81. The fraction of sp³-hybridized carbons (Fsp3) is 0.471. The van der Waals surface area contributed by atoms with Gasteiger partial charge >= 0.3 is 0 Å². The van der Waals surface area contributed by atoms with Crippen molar-refractivity contribution in [2.75, 3.05) is 0 Å². The lowest BCUT2D eigenvalue weighted by Gasteiger charge is -2.50. The number of hydrogen-bond donors (Lipinski definition) is 1. The normalized spacial score (nSPS) is 23.6. The zero-order valence-corrected chi connectivity index (χ0v) is 12.6. The second-order valence-electron chi connectivity index (χ2n) is 6.45. The minimum atomic E-state index is 0.194. The number of para-hydroxylation sites is 1. The summed E-state index contributed by atoms with van der Waals surface area (Å²) in [6.07, 6.45) is 1.99. The standard InChI is InChI=1S/C17H22N2O2/c1-17(2)12(9-16(17)18)8-13-10-15(21-19-13)11-20-14-6-4-3-5-7-14/h3-7,10,12,16H,8-9,11,18H2,1-2H3/t12-,16+/m1/s1. The lowest BCUT2D eigenvalue weighted by atomic mass is 9.57. The summed E-state index contributed by atoms with van der Waals surface area (Å²) in [6, 6.07) is 12.0. The number of aromatic nitrogens is 1. The monoisotopic (exact) mass is 286 g/mol. The first kappa shape index (κ1) is 14.1. The average Bonchev–Trinajstić information content (AvgIpc) is 2.94.